The van der Waals surface area contributed by atoms with Crippen LogP contribution >= 0.6 is 0 Å². The van der Waals surface area contributed by atoms with Crippen molar-refractivity contribution in [3.05, 3.63) is 17.7 Å². The minimum atomic E-state index is -0.537. The number of hydrogen-bond donors (Lipinski definition) is 0. The summed E-state index contributed by atoms with van der Waals surface area (Å²) in [6, 6.07) is 3.06. The molecule has 1 aromatic carbocycles. The molecule has 7 heteroatoms. The largest absolute Gasteiger partial charge is 0.493 e. The van der Waals surface area contributed by atoms with Crippen molar-refractivity contribution in [3.63, 3.8) is 0 Å². The number of benzene rings is 1. The van der Waals surface area contributed by atoms with E-state index in [4.69, 9.17) is 23.7 Å². The highest BCUT2D eigenvalue weighted by Gasteiger charge is 2.35. The van der Waals surface area contributed by atoms with E-state index in [1.165, 1.54) is 14.2 Å². The maximum absolute atomic E-state index is 12.9. The first-order valence-corrected chi connectivity index (χ1v) is 8.30. The third-order valence-corrected chi connectivity index (χ3v) is 4.30. The molecule has 1 aliphatic heterocycles. The Kier molecular flexibility index (Phi) is 7.04. The Bertz CT molecular complexity index is 560. The molecule has 2 rings (SSSR count). The molecule has 7 nitrogen and oxygen atoms in total. The van der Waals surface area contributed by atoms with Crippen molar-refractivity contribution in [1.29, 1.82) is 0 Å². The summed E-state index contributed by atoms with van der Waals surface area (Å²) in [6.07, 6.45) is -0.326. The maximum Gasteiger partial charge on any atom is 0.331 e. The molecule has 25 heavy (non-hydrogen) atoms. The second-order valence-corrected chi connectivity index (χ2v) is 5.95. The van der Waals surface area contributed by atoms with Gasteiger partial charge in [0.05, 0.1) is 33.5 Å². The van der Waals surface area contributed by atoms with Crippen molar-refractivity contribution >= 4 is 5.97 Å². The first kappa shape index (κ1) is 19.5. The smallest absolute Gasteiger partial charge is 0.331 e. The Hall–Kier alpha value is -1.83. The fraction of sp³-hybridized carbons (Fsp3) is 0.611. The normalized spacial score (nSPS) is 17.6. The lowest BCUT2D eigenvalue weighted by Crippen LogP contribution is -2.54. The van der Waals surface area contributed by atoms with E-state index in [2.05, 4.69) is 0 Å². The quantitative estimate of drug-likeness (QED) is 0.545. The average Bonchev–Trinajstić information content (AvgIpc) is 2.63. The molecule has 0 spiro atoms. The van der Waals surface area contributed by atoms with Crippen LogP contribution in [0.15, 0.2) is 12.1 Å². The van der Waals surface area contributed by atoms with Gasteiger partial charge >= 0.3 is 5.97 Å². The fourth-order valence-electron chi connectivity index (χ4n) is 2.89. The van der Waals surface area contributed by atoms with Crippen LogP contribution in [0.25, 0.3) is 0 Å². The number of methoxy groups -OCH3 is 3. The van der Waals surface area contributed by atoms with Gasteiger partial charge in [-0.05, 0) is 31.5 Å². The second kappa shape index (κ2) is 9.03. The van der Waals surface area contributed by atoms with Gasteiger partial charge in [-0.2, -0.15) is 0 Å². The summed E-state index contributed by atoms with van der Waals surface area (Å²) in [5.41, 5.74) is 0.948. The summed E-state index contributed by atoms with van der Waals surface area (Å²) < 4.78 is 27.2. The Balaban J connectivity index is 2.28. The molecule has 1 aliphatic rings. The number of carbonyl (C=O) groups excluding carboxylic acids is 1. The molecule has 0 saturated carbocycles. The van der Waals surface area contributed by atoms with Crippen molar-refractivity contribution in [2.24, 2.45) is 0 Å². The van der Waals surface area contributed by atoms with Gasteiger partial charge in [-0.1, -0.05) is 0 Å². The molecule has 1 saturated heterocycles. The number of rotatable bonds is 7. The van der Waals surface area contributed by atoms with Crippen molar-refractivity contribution < 1.29 is 28.5 Å². The van der Waals surface area contributed by atoms with Gasteiger partial charge in [-0.15, -0.1) is 0 Å². The van der Waals surface area contributed by atoms with Crippen LogP contribution in [0, 0.1) is 6.92 Å². The third kappa shape index (κ3) is 4.62. The predicted molar refractivity (Wildman–Crippen MR) is 92.6 cm³/mol. The fourth-order valence-corrected chi connectivity index (χ4v) is 2.89. The molecule has 1 aromatic rings. The number of carbonyl (C=O) groups is 1. The van der Waals surface area contributed by atoms with Crippen LogP contribution < -0.4 is 14.2 Å². The van der Waals surface area contributed by atoms with Gasteiger partial charge in [0.2, 0.25) is 5.75 Å². The van der Waals surface area contributed by atoms with Crippen LogP contribution in [0.3, 0.4) is 0 Å². The molecule has 0 radical (unpaired) electrons. The van der Waals surface area contributed by atoms with Gasteiger partial charge < -0.3 is 23.7 Å². The van der Waals surface area contributed by atoms with Crippen LogP contribution in [0.5, 0.6) is 17.2 Å². The topological polar surface area (TPSA) is 66.5 Å². The van der Waals surface area contributed by atoms with E-state index in [-0.39, 0.29) is 11.9 Å². The second-order valence-electron chi connectivity index (χ2n) is 5.95. The van der Waals surface area contributed by atoms with Gasteiger partial charge in [0.1, 0.15) is 6.04 Å². The maximum atomic E-state index is 12.9. The van der Waals surface area contributed by atoms with Gasteiger partial charge in [0, 0.05) is 20.2 Å². The van der Waals surface area contributed by atoms with Crippen LogP contribution in [0.2, 0.25) is 0 Å². The van der Waals surface area contributed by atoms with Gasteiger partial charge in [0.25, 0.3) is 0 Å². The predicted octanol–water partition coefficient (Wildman–Crippen LogP) is 1.65. The van der Waals surface area contributed by atoms with E-state index >= 15 is 0 Å². The summed E-state index contributed by atoms with van der Waals surface area (Å²) in [5.74, 6) is 0.783. The molecule has 140 valence electrons. The van der Waals surface area contributed by atoms with Crippen LogP contribution in [-0.4, -0.2) is 70.6 Å². The number of ether oxygens (including phenoxy) is 5. The molecule has 2 unspecified atom stereocenters. The Morgan fingerprint density at radius 1 is 1.12 bits per heavy atom. The number of hydrogen-bond acceptors (Lipinski definition) is 7. The Morgan fingerprint density at radius 2 is 1.68 bits per heavy atom. The lowest BCUT2D eigenvalue weighted by atomic mass is 10.1. The lowest BCUT2D eigenvalue weighted by molar-refractivity contribution is -0.148. The van der Waals surface area contributed by atoms with Crippen molar-refractivity contribution in [2.45, 2.75) is 26.0 Å². The molecule has 0 aliphatic carbocycles. The summed E-state index contributed by atoms with van der Waals surface area (Å²) in [6.45, 7) is 6.23. The SMILES string of the molecule is COc1cc(C)cc(OC)c1OC(=O)C(C(C)OC)N1CCOCC1. The number of nitrogens with zero attached hydrogens (tertiary/aromatic N) is 1. The summed E-state index contributed by atoms with van der Waals surface area (Å²) in [5, 5.41) is 0. The van der Waals surface area contributed by atoms with E-state index in [1.807, 2.05) is 18.7 Å². The zero-order chi connectivity index (χ0) is 18.4. The molecule has 0 aromatic heterocycles. The first-order valence-electron chi connectivity index (χ1n) is 8.30. The average molecular weight is 353 g/mol. The van der Waals surface area contributed by atoms with Crippen LogP contribution in [0.4, 0.5) is 0 Å². The summed E-state index contributed by atoms with van der Waals surface area (Å²) in [4.78, 5) is 15.0. The van der Waals surface area contributed by atoms with Gasteiger partial charge in [-0.25, -0.2) is 4.79 Å². The standard InChI is InChI=1S/C18H27NO6/c1-12-10-14(22-4)17(15(11-12)23-5)25-18(20)16(13(2)21-3)19-6-8-24-9-7-19/h10-11,13,16H,6-9H2,1-5H3. The van der Waals surface area contributed by atoms with E-state index in [9.17, 15) is 4.79 Å². The van der Waals surface area contributed by atoms with Gasteiger partial charge in [0.15, 0.2) is 11.5 Å². The number of esters is 1. The molecule has 1 fully saturated rings. The van der Waals surface area contributed by atoms with E-state index in [0.29, 0.717) is 37.8 Å². The minimum absolute atomic E-state index is 0.280. The molecular weight excluding hydrogens is 326 g/mol. The van der Waals surface area contributed by atoms with Gasteiger partial charge in [-0.3, -0.25) is 4.90 Å². The molecule has 0 bridgehead atoms. The zero-order valence-electron chi connectivity index (χ0n) is 15.5. The highest BCUT2D eigenvalue weighted by atomic mass is 16.6. The summed E-state index contributed by atoms with van der Waals surface area (Å²) in [7, 11) is 4.64. The van der Waals surface area contributed by atoms with E-state index in [1.54, 1.807) is 19.2 Å². The van der Waals surface area contributed by atoms with E-state index < -0.39 is 12.0 Å². The first-order chi connectivity index (χ1) is 12.0. The monoisotopic (exact) mass is 353 g/mol. The van der Waals surface area contributed by atoms with Crippen LogP contribution in [0.1, 0.15) is 12.5 Å². The molecule has 2 atom stereocenters. The lowest BCUT2D eigenvalue weighted by Gasteiger charge is -2.35. The van der Waals surface area contributed by atoms with Crippen molar-refractivity contribution in [3.8, 4) is 17.2 Å². The Morgan fingerprint density at radius 3 is 2.16 bits per heavy atom. The third-order valence-electron chi connectivity index (χ3n) is 4.30. The van der Waals surface area contributed by atoms with E-state index in [0.717, 1.165) is 5.56 Å². The summed E-state index contributed by atoms with van der Waals surface area (Å²) >= 11 is 0. The number of aryl methyl sites for hydroxylation is 1. The molecular formula is C18H27NO6. The molecule has 1 heterocycles. The molecule has 0 amide bonds. The highest BCUT2D eigenvalue weighted by Crippen LogP contribution is 2.38. The molecule has 0 N–H and O–H groups in total. The van der Waals surface area contributed by atoms with Crippen LogP contribution in [-0.2, 0) is 14.3 Å². The highest BCUT2D eigenvalue weighted by molar-refractivity contribution is 5.80. The Labute approximate surface area is 148 Å². The number of morpholine rings is 1. The van der Waals surface area contributed by atoms with Crippen molar-refractivity contribution in [2.75, 3.05) is 47.6 Å². The zero-order valence-corrected chi connectivity index (χ0v) is 15.5. The van der Waals surface area contributed by atoms with Crippen molar-refractivity contribution in [1.82, 2.24) is 4.90 Å². The minimum Gasteiger partial charge on any atom is -0.493 e.